The summed E-state index contributed by atoms with van der Waals surface area (Å²) in [7, 11) is 0. The summed E-state index contributed by atoms with van der Waals surface area (Å²) in [4.78, 5) is 50.9. The van der Waals surface area contributed by atoms with Crippen molar-refractivity contribution < 1.29 is 23.1 Å². The number of piperidine rings is 1. The first-order valence-corrected chi connectivity index (χ1v) is 11.6. The lowest BCUT2D eigenvalue weighted by molar-refractivity contribution is -0.139. The van der Waals surface area contributed by atoms with E-state index in [4.69, 9.17) is 4.74 Å². The SMILES string of the molecule is CCn1c(=O)c2c(C)c(C(=O)OC(=O)CC3CCNCC3)sc2n(CC2CC2(F)F)c1=O. The predicted molar refractivity (Wildman–Crippen MR) is 114 cm³/mol. The summed E-state index contributed by atoms with van der Waals surface area (Å²) >= 11 is 0.832. The van der Waals surface area contributed by atoms with Crippen molar-refractivity contribution in [1.82, 2.24) is 14.5 Å². The number of ether oxygens (including phenoxy) is 1. The molecule has 1 N–H and O–H groups in total. The Morgan fingerprint density at radius 3 is 2.47 bits per heavy atom. The topological polar surface area (TPSA) is 99.4 Å². The van der Waals surface area contributed by atoms with Crippen molar-refractivity contribution in [2.24, 2.45) is 11.8 Å². The number of nitrogens with one attached hydrogen (secondary N) is 1. The molecule has 32 heavy (non-hydrogen) atoms. The maximum absolute atomic E-state index is 13.5. The van der Waals surface area contributed by atoms with Gasteiger partial charge < -0.3 is 10.1 Å². The minimum absolute atomic E-state index is 0.0281. The first-order chi connectivity index (χ1) is 15.1. The van der Waals surface area contributed by atoms with Crippen LogP contribution in [0, 0.1) is 18.8 Å². The van der Waals surface area contributed by atoms with E-state index in [-0.39, 0.29) is 52.5 Å². The number of fused-ring (bicyclic) bond motifs is 1. The fraction of sp³-hybridized carbons (Fsp3) is 0.619. The summed E-state index contributed by atoms with van der Waals surface area (Å²) in [6, 6.07) is 0. The van der Waals surface area contributed by atoms with Gasteiger partial charge in [0.05, 0.1) is 5.39 Å². The number of alkyl halides is 2. The molecule has 8 nitrogen and oxygen atoms in total. The standard InChI is InChI=1S/C21H25F2N3O5S/c1-3-25-17(28)15-11(2)16(19(29)31-14(27)8-12-4-6-24-7-5-12)32-18(15)26(20(25)30)10-13-9-21(13,22)23/h12-13,24H,3-10H2,1-2H3. The zero-order chi connectivity index (χ0) is 23.2. The fourth-order valence-corrected chi connectivity index (χ4v) is 5.41. The number of carbonyl (C=O) groups excluding carboxylic acids is 2. The zero-order valence-electron chi connectivity index (χ0n) is 17.9. The largest absolute Gasteiger partial charge is 0.389 e. The summed E-state index contributed by atoms with van der Waals surface area (Å²) in [6.45, 7) is 4.59. The van der Waals surface area contributed by atoms with Crippen molar-refractivity contribution in [1.29, 1.82) is 0 Å². The maximum Gasteiger partial charge on any atom is 0.356 e. The van der Waals surface area contributed by atoms with E-state index >= 15 is 0 Å². The van der Waals surface area contributed by atoms with Crippen LogP contribution in [0.4, 0.5) is 8.78 Å². The fourth-order valence-electron chi connectivity index (χ4n) is 4.23. The van der Waals surface area contributed by atoms with Crippen LogP contribution in [-0.2, 0) is 22.6 Å². The normalized spacial score (nSPS) is 20.4. The molecular weight excluding hydrogens is 444 g/mol. The number of carbonyl (C=O) groups is 2. The Bertz CT molecular complexity index is 1190. The molecule has 0 bridgehead atoms. The van der Waals surface area contributed by atoms with Crippen LogP contribution in [0.5, 0.6) is 0 Å². The first-order valence-electron chi connectivity index (χ1n) is 10.7. The molecule has 1 unspecified atom stereocenters. The average molecular weight is 470 g/mol. The summed E-state index contributed by atoms with van der Waals surface area (Å²) in [6.07, 6.45) is 1.44. The molecule has 1 atom stereocenters. The smallest absolute Gasteiger partial charge is 0.356 e. The Labute approximate surface area is 186 Å². The average Bonchev–Trinajstić information content (AvgIpc) is 3.18. The lowest BCUT2D eigenvalue weighted by Gasteiger charge is -2.21. The highest BCUT2D eigenvalue weighted by molar-refractivity contribution is 7.20. The molecule has 1 aliphatic carbocycles. The van der Waals surface area contributed by atoms with Gasteiger partial charge in [-0.2, -0.15) is 0 Å². The van der Waals surface area contributed by atoms with E-state index in [1.807, 2.05) is 0 Å². The number of hydrogen-bond acceptors (Lipinski definition) is 7. The van der Waals surface area contributed by atoms with Crippen molar-refractivity contribution in [3.8, 4) is 0 Å². The van der Waals surface area contributed by atoms with Crippen LogP contribution < -0.4 is 16.6 Å². The Morgan fingerprint density at radius 2 is 1.88 bits per heavy atom. The monoisotopic (exact) mass is 469 g/mol. The maximum atomic E-state index is 13.5. The lowest BCUT2D eigenvalue weighted by Crippen LogP contribution is -2.39. The van der Waals surface area contributed by atoms with E-state index in [0.29, 0.717) is 0 Å². The predicted octanol–water partition coefficient (Wildman–Crippen LogP) is 2.28. The molecule has 4 rings (SSSR count). The van der Waals surface area contributed by atoms with Crippen LogP contribution in [0.3, 0.4) is 0 Å². The number of hydrogen-bond donors (Lipinski definition) is 1. The van der Waals surface area contributed by atoms with Gasteiger partial charge in [-0.15, -0.1) is 11.3 Å². The first kappa shape index (κ1) is 22.8. The van der Waals surface area contributed by atoms with E-state index in [2.05, 4.69) is 5.32 Å². The quantitative estimate of drug-likeness (QED) is 0.515. The van der Waals surface area contributed by atoms with Crippen molar-refractivity contribution in [3.63, 3.8) is 0 Å². The van der Waals surface area contributed by atoms with Gasteiger partial charge in [-0.1, -0.05) is 0 Å². The minimum Gasteiger partial charge on any atom is -0.389 e. The van der Waals surface area contributed by atoms with Gasteiger partial charge in [0.25, 0.3) is 11.5 Å². The molecule has 2 aromatic heterocycles. The molecule has 1 aliphatic heterocycles. The van der Waals surface area contributed by atoms with Crippen LogP contribution in [-0.4, -0.2) is 40.1 Å². The third-order valence-corrected chi connectivity index (χ3v) is 7.57. The molecule has 3 heterocycles. The van der Waals surface area contributed by atoms with E-state index in [9.17, 15) is 28.0 Å². The van der Waals surface area contributed by atoms with Crippen LogP contribution in [0.1, 0.15) is 47.8 Å². The molecule has 0 radical (unpaired) electrons. The number of aryl methyl sites for hydroxylation is 1. The Kier molecular flexibility index (Phi) is 6.06. The minimum atomic E-state index is -2.84. The second-order valence-electron chi connectivity index (χ2n) is 8.50. The van der Waals surface area contributed by atoms with Gasteiger partial charge in [0, 0.05) is 31.8 Å². The molecule has 2 aromatic rings. The van der Waals surface area contributed by atoms with E-state index in [1.165, 1.54) is 6.92 Å². The van der Waals surface area contributed by atoms with Crippen molar-refractivity contribution >= 4 is 33.5 Å². The van der Waals surface area contributed by atoms with Crippen molar-refractivity contribution in [2.45, 2.75) is 58.5 Å². The Morgan fingerprint density at radius 1 is 1.22 bits per heavy atom. The number of rotatable bonds is 6. The number of thiophene rings is 1. The van der Waals surface area contributed by atoms with Gasteiger partial charge in [0.15, 0.2) is 0 Å². The molecule has 0 spiro atoms. The van der Waals surface area contributed by atoms with Gasteiger partial charge in [0.2, 0.25) is 0 Å². The summed E-state index contributed by atoms with van der Waals surface area (Å²) in [5, 5.41) is 3.32. The number of nitrogens with zero attached hydrogens (tertiary/aromatic N) is 2. The second kappa shape index (κ2) is 8.51. The molecule has 0 aromatic carbocycles. The molecule has 1 saturated carbocycles. The third kappa shape index (κ3) is 4.15. The summed E-state index contributed by atoms with van der Waals surface area (Å²) < 4.78 is 34.2. The van der Waals surface area contributed by atoms with Crippen LogP contribution in [0.15, 0.2) is 9.59 Å². The van der Waals surface area contributed by atoms with E-state index < -0.39 is 35.0 Å². The van der Waals surface area contributed by atoms with Gasteiger partial charge in [-0.3, -0.25) is 18.7 Å². The van der Waals surface area contributed by atoms with Gasteiger partial charge in [0.1, 0.15) is 9.71 Å². The van der Waals surface area contributed by atoms with E-state index in [1.54, 1.807) is 6.92 Å². The van der Waals surface area contributed by atoms with E-state index in [0.717, 1.165) is 46.4 Å². The lowest BCUT2D eigenvalue weighted by atomic mass is 9.95. The molecule has 11 heteroatoms. The Hall–Kier alpha value is -2.40. The molecule has 174 valence electrons. The van der Waals surface area contributed by atoms with Gasteiger partial charge >= 0.3 is 17.6 Å². The Balaban J connectivity index is 1.66. The molecule has 2 aliphatic rings. The zero-order valence-corrected chi connectivity index (χ0v) is 18.7. The number of halogens is 2. The van der Waals surface area contributed by atoms with Crippen molar-refractivity contribution in [2.75, 3.05) is 13.1 Å². The molecule has 0 amide bonds. The summed E-state index contributed by atoms with van der Waals surface area (Å²) in [5.74, 6) is -5.22. The number of esters is 2. The highest BCUT2D eigenvalue weighted by Crippen LogP contribution is 2.49. The third-order valence-electron chi connectivity index (χ3n) is 6.28. The van der Waals surface area contributed by atoms with Gasteiger partial charge in [-0.25, -0.2) is 18.4 Å². The van der Waals surface area contributed by atoms with Crippen LogP contribution >= 0.6 is 11.3 Å². The van der Waals surface area contributed by atoms with Crippen LogP contribution in [0.25, 0.3) is 10.2 Å². The highest BCUT2D eigenvalue weighted by Gasteiger charge is 2.57. The number of aromatic nitrogens is 2. The summed E-state index contributed by atoms with van der Waals surface area (Å²) in [5.41, 5.74) is -0.982. The molecular formula is C21H25F2N3O5S. The van der Waals surface area contributed by atoms with Crippen molar-refractivity contribution in [3.05, 3.63) is 31.3 Å². The second-order valence-corrected chi connectivity index (χ2v) is 9.50. The molecule has 2 fully saturated rings. The van der Waals surface area contributed by atoms with Gasteiger partial charge in [-0.05, 0) is 51.3 Å². The van der Waals surface area contributed by atoms with Crippen LogP contribution in [0.2, 0.25) is 0 Å². The molecule has 1 saturated heterocycles. The highest BCUT2D eigenvalue weighted by atomic mass is 32.1.